The summed E-state index contributed by atoms with van der Waals surface area (Å²) >= 11 is 1.16. The van der Waals surface area contributed by atoms with Crippen LogP contribution in [0.4, 0.5) is 0 Å². The van der Waals surface area contributed by atoms with Gasteiger partial charge in [-0.05, 0) is 37.3 Å². The van der Waals surface area contributed by atoms with Crippen molar-refractivity contribution in [1.82, 2.24) is 23.3 Å². The van der Waals surface area contributed by atoms with E-state index in [1.54, 1.807) is 17.8 Å². The van der Waals surface area contributed by atoms with Crippen LogP contribution < -0.4 is 0 Å². The van der Waals surface area contributed by atoms with Gasteiger partial charge in [-0.3, -0.25) is 4.57 Å². The SMILES string of the molecule is Cc1c(O)c(O)n(-c2ccc3nc[nH]c3c2)c1-c1ccc2nsnc2c1. The zero-order valence-electron chi connectivity index (χ0n) is 13.6. The molecule has 0 saturated carbocycles. The number of nitrogens with one attached hydrogen (secondary N) is 1. The molecule has 0 bridgehead atoms. The Morgan fingerprint density at radius 1 is 1.00 bits per heavy atom. The van der Waals surface area contributed by atoms with Crippen LogP contribution in [0.3, 0.4) is 0 Å². The van der Waals surface area contributed by atoms with Crippen LogP contribution in [0.15, 0.2) is 42.7 Å². The third-order valence-corrected chi connectivity index (χ3v) is 5.10. The van der Waals surface area contributed by atoms with Crippen molar-refractivity contribution < 1.29 is 10.2 Å². The monoisotopic (exact) mass is 363 g/mol. The van der Waals surface area contributed by atoms with Crippen molar-refractivity contribution in [3.63, 3.8) is 0 Å². The molecule has 0 radical (unpaired) electrons. The van der Waals surface area contributed by atoms with Gasteiger partial charge in [0.1, 0.15) is 11.0 Å². The number of hydrogen-bond acceptors (Lipinski definition) is 6. The lowest BCUT2D eigenvalue weighted by molar-refractivity contribution is 0.386. The zero-order chi connectivity index (χ0) is 17.8. The van der Waals surface area contributed by atoms with Gasteiger partial charge in [0.15, 0.2) is 5.75 Å². The van der Waals surface area contributed by atoms with E-state index in [1.165, 1.54) is 0 Å². The number of aromatic nitrogens is 5. The van der Waals surface area contributed by atoms with Crippen molar-refractivity contribution >= 4 is 33.8 Å². The largest absolute Gasteiger partial charge is 0.503 e. The van der Waals surface area contributed by atoms with Crippen LogP contribution in [0.2, 0.25) is 0 Å². The van der Waals surface area contributed by atoms with Gasteiger partial charge in [-0.25, -0.2) is 4.98 Å². The molecule has 0 aliphatic carbocycles. The quantitative estimate of drug-likeness (QED) is 0.444. The summed E-state index contributed by atoms with van der Waals surface area (Å²) in [4.78, 5) is 7.28. The summed E-state index contributed by atoms with van der Waals surface area (Å²) in [6, 6.07) is 11.3. The highest BCUT2D eigenvalue weighted by atomic mass is 32.1. The summed E-state index contributed by atoms with van der Waals surface area (Å²) in [5, 5.41) is 20.9. The maximum atomic E-state index is 10.6. The highest BCUT2D eigenvalue weighted by molar-refractivity contribution is 7.00. The predicted molar refractivity (Wildman–Crippen MR) is 99.9 cm³/mol. The smallest absolute Gasteiger partial charge is 0.240 e. The van der Waals surface area contributed by atoms with E-state index in [4.69, 9.17) is 0 Å². The van der Waals surface area contributed by atoms with Crippen molar-refractivity contribution in [3.05, 3.63) is 48.3 Å². The van der Waals surface area contributed by atoms with Crippen molar-refractivity contribution in [1.29, 1.82) is 0 Å². The second-order valence-corrected chi connectivity index (χ2v) is 6.58. The van der Waals surface area contributed by atoms with Crippen molar-refractivity contribution in [3.8, 4) is 28.6 Å². The summed E-state index contributed by atoms with van der Waals surface area (Å²) in [5.41, 5.74) is 6.13. The third kappa shape index (κ3) is 2.02. The van der Waals surface area contributed by atoms with Crippen molar-refractivity contribution in [2.75, 3.05) is 0 Å². The molecule has 128 valence electrons. The Hall–Kier alpha value is -3.39. The molecule has 5 aromatic rings. The molecule has 0 spiro atoms. The van der Waals surface area contributed by atoms with Gasteiger partial charge in [-0.15, -0.1) is 0 Å². The molecule has 3 aromatic heterocycles. The standard InChI is InChI=1S/C18H13N5O2S/c1-9-16(10-2-4-13-15(6-10)22-26-21-13)23(18(25)17(9)24)11-3-5-12-14(7-11)20-8-19-12/h2-8,24-25H,1H3,(H,19,20). The molecule has 3 heterocycles. The first kappa shape index (κ1) is 14.9. The molecule has 3 N–H and O–H groups in total. The van der Waals surface area contributed by atoms with E-state index in [0.29, 0.717) is 16.9 Å². The molecule has 0 fully saturated rings. The first-order valence-corrected chi connectivity index (χ1v) is 8.66. The molecule has 2 aromatic carbocycles. The Morgan fingerprint density at radius 2 is 1.81 bits per heavy atom. The van der Waals surface area contributed by atoms with Crippen LogP contribution in [0.5, 0.6) is 11.6 Å². The fourth-order valence-corrected chi connectivity index (χ4v) is 3.77. The number of fused-ring (bicyclic) bond motifs is 2. The summed E-state index contributed by atoms with van der Waals surface area (Å²) in [6.07, 6.45) is 1.62. The summed E-state index contributed by atoms with van der Waals surface area (Å²) in [5.74, 6) is -0.339. The topological polar surface area (TPSA) is 99.8 Å². The lowest BCUT2D eigenvalue weighted by Crippen LogP contribution is -1.97. The second kappa shape index (κ2) is 5.30. The summed E-state index contributed by atoms with van der Waals surface area (Å²) in [7, 11) is 0. The third-order valence-electron chi connectivity index (χ3n) is 4.55. The van der Waals surface area contributed by atoms with Gasteiger partial charge in [0.05, 0.1) is 40.5 Å². The van der Waals surface area contributed by atoms with E-state index in [1.807, 2.05) is 36.4 Å². The Labute approximate surface area is 151 Å². The van der Waals surface area contributed by atoms with Gasteiger partial charge in [-0.1, -0.05) is 6.07 Å². The number of benzene rings is 2. The Bertz CT molecular complexity index is 1190. The molecular formula is C18H13N5O2S. The Morgan fingerprint density at radius 3 is 2.69 bits per heavy atom. The highest BCUT2D eigenvalue weighted by Crippen LogP contribution is 2.43. The Balaban J connectivity index is 1.80. The average molecular weight is 363 g/mol. The van der Waals surface area contributed by atoms with E-state index in [-0.39, 0.29) is 11.6 Å². The minimum absolute atomic E-state index is 0.138. The lowest BCUT2D eigenvalue weighted by Gasteiger charge is -2.11. The minimum Gasteiger partial charge on any atom is -0.503 e. The van der Waals surface area contributed by atoms with Gasteiger partial charge in [-0.2, -0.15) is 8.75 Å². The number of H-pyrrole nitrogens is 1. The predicted octanol–water partition coefficient (Wildman–Crippen LogP) is 3.74. The summed E-state index contributed by atoms with van der Waals surface area (Å²) in [6.45, 7) is 1.78. The fraction of sp³-hybridized carbons (Fsp3) is 0.0556. The molecule has 0 unspecified atom stereocenters. The Kier molecular flexibility index (Phi) is 3.04. The molecule has 0 aliphatic heterocycles. The number of hydrogen-bond donors (Lipinski definition) is 3. The van der Waals surface area contributed by atoms with Crippen LogP contribution in [0.1, 0.15) is 5.56 Å². The number of nitrogens with zero attached hydrogens (tertiary/aromatic N) is 4. The van der Waals surface area contributed by atoms with Gasteiger partial charge in [0, 0.05) is 11.1 Å². The minimum atomic E-state index is -0.201. The van der Waals surface area contributed by atoms with Gasteiger partial charge >= 0.3 is 0 Å². The van der Waals surface area contributed by atoms with Gasteiger partial charge < -0.3 is 15.2 Å². The molecule has 0 atom stereocenters. The van der Waals surface area contributed by atoms with E-state index in [9.17, 15) is 10.2 Å². The van der Waals surface area contributed by atoms with Crippen molar-refractivity contribution in [2.45, 2.75) is 6.92 Å². The molecule has 7 nitrogen and oxygen atoms in total. The molecule has 0 amide bonds. The van der Waals surface area contributed by atoms with Crippen LogP contribution in [0.25, 0.3) is 39.0 Å². The van der Waals surface area contributed by atoms with Gasteiger partial charge in [0.25, 0.3) is 0 Å². The number of imidazole rings is 1. The number of aromatic amines is 1. The lowest BCUT2D eigenvalue weighted by atomic mass is 10.1. The first-order valence-electron chi connectivity index (χ1n) is 7.93. The van der Waals surface area contributed by atoms with Crippen molar-refractivity contribution in [2.24, 2.45) is 0 Å². The normalized spacial score (nSPS) is 11.6. The molecule has 26 heavy (non-hydrogen) atoms. The maximum Gasteiger partial charge on any atom is 0.240 e. The maximum absolute atomic E-state index is 10.6. The molecule has 5 rings (SSSR count). The van der Waals surface area contributed by atoms with Crippen LogP contribution in [-0.4, -0.2) is 33.5 Å². The fourth-order valence-electron chi connectivity index (χ4n) is 3.25. The highest BCUT2D eigenvalue weighted by Gasteiger charge is 2.22. The van der Waals surface area contributed by atoms with E-state index in [0.717, 1.165) is 39.4 Å². The summed E-state index contributed by atoms with van der Waals surface area (Å²) < 4.78 is 10.1. The molecular weight excluding hydrogens is 350 g/mol. The van der Waals surface area contributed by atoms with E-state index in [2.05, 4.69) is 18.7 Å². The van der Waals surface area contributed by atoms with Crippen LogP contribution in [0, 0.1) is 6.92 Å². The first-order chi connectivity index (χ1) is 12.6. The van der Waals surface area contributed by atoms with Gasteiger partial charge in [0.2, 0.25) is 5.88 Å². The van der Waals surface area contributed by atoms with Crippen LogP contribution >= 0.6 is 11.7 Å². The molecule has 0 saturated heterocycles. The number of aromatic hydroxyl groups is 2. The zero-order valence-corrected chi connectivity index (χ0v) is 14.4. The van der Waals surface area contributed by atoms with E-state index < -0.39 is 0 Å². The molecule has 0 aliphatic rings. The number of rotatable bonds is 2. The molecule has 8 heteroatoms. The second-order valence-electron chi connectivity index (χ2n) is 6.05. The van der Waals surface area contributed by atoms with E-state index >= 15 is 0 Å². The average Bonchev–Trinajstić information content (AvgIpc) is 3.35. The van der Waals surface area contributed by atoms with Crippen LogP contribution in [-0.2, 0) is 0 Å².